The van der Waals surface area contributed by atoms with Crippen LogP contribution in [0.25, 0.3) is 5.76 Å². The van der Waals surface area contributed by atoms with Crippen LogP contribution < -0.4 is 4.74 Å². The Kier molecular flexibility index (Phi) is 6.23. The predicted octanol–water partition coefficient (Wildman–Crippen LogP) is 4.76. The zero-order valence-electron chi connectivity index (χ0n) is 17.4. The number of halogens is 1. The van der Waals surface area contributed by atoms with Gasteiger partial charge in [-0.1, -0.05) is 29.8 Å². The first kappa shape index (κ1) is 21.6. The lowest BCUT2D eigenvalue weighted by Gasteiger charge is -2.25. The Morgan fingerprint density at radius 1 is 1.09 bits per heavy atom. The number of carbonyl (C=O) groups excluding carboxylic acids is 2. The molecule has 1 N–H and O–H groups in total. The van der Waals surface area contributed by atoms with Gasteiger partial charge in [0.1, 0.15) is 11.5 Å². The number of carbonyl (C=O) groups is 2. The lowest BCUT2D eigenvalue weighted by Crippen LogP contribution is -2.29. The topological polar surface area (TPSA) is 79.7 Å². The zero-order valence-corrected chi connectivity index (χ0v) is 18.1. The number of pyridine rings is 1. The van der Waals surface area contributed by atoms with Gasteiger partial charge in [-0.25, -0.2) is 0 Å². The summed E-state index contributed by atoms with van der Waals surface area (Å²) in [6.45, 7) is 2.57. The highest BCUT2D eigenvalue weighted by Crippen LogP contribution is 2.40. The van der Waals surface area contributed by atoms with Crippen LogP contribution in [0.2, 0.25) is 5.02 Å². The number of hydrogen-bond acceptors (Lipinski definition) is 5. The number of Topliss-reactive ketones (excluding diaryl/α,β-unsaturated/α-hetero) is 1. The van der Waals surface area contributed by atoms with Gasteiger partial charge in [-0.05, 0) is 60.5 Å². The number of hydrogen-bond donors (Lipinski definition) is 1. The van der Waals surface area contributed by atoms with Crippen molar-refractivity contribution in [3.05, 3.63) is 100 Å². The van der Waals surface area contributed by atoms with Crippen molar-refractivity contribution in [1.82, 2.24) is 9.88 Å². The summed E-state index contributed by atoms with van der Waals surface area (Å²) in [6, 6.07) is 16.5. The molecule has 0 spiro atoms. The first-order valence-electron chi connectivity index (χ1n) is 10.2. The molecule has 1 unspecified atom stereocenters. The van der Waals surface area contributed by atoms with Crippen LogP contribution in [0, 0.1) is 0 Å². The highest BCUT2D eigenvalue weighted by molar-refractivity contribution is 6.46. The first-order valence-corrected chi connectivity index (χ1v) is 10.5. The van der Waals surface area contributed by atoms with E-state index in [1.807, 2.05) is 13.0 Å². The molecule has 0 aliphatic carbocycles. The normalized spacial score (nSPS) is 17.6. The van der Waals surface area contributed by atoms with Crippen molar-refractivity contribution in [1.29, 1.82) is 0 Å². The molecule has 0 bridgehead atoms. The fourth-order valence-corrected chi connectivity index (χ4v) is 3.88. The molecular formula is C25H21ClN2O4. The van der Waals surface area contributed by atoms with Crippen molar-refractivity contribution in [2.45, 2.75) is 19.5 Å². The van der Waals surface area contributed by atoms with Crippen LogP contribution in [0.5, 0.6) is 5.75 Å². The standard InChI is InChI=1S/C25H21ClN2O4/c1-2-32-20-11-7-18(8-12-20)23(29)21-22(17-5-9-19(26)10-6-17)28(25(31)24(21)30)15-16-4-3-13-27-14-16/h3-14,22,29H,2,15H2,1H3/b23-21+. The maximum Gasteiger partial charge on any atom is 0.295 e. The maximum atomic E-state index is 13.1. The molecule has 3 aromatic rings. The minimum atomic E-state index is -0.765. The lowest BCUT2D eigenvalue weighted by atomic mass is 9.95. The van der Waals surface area contributed by atoms with Crippen LogP contribution in [-0.4, -0.2) is 33.3 Å². The van der Waals surface area contributed by atoms with Gasteiger partial charge >= 0.3 is 0 Å². The fraction of sp³-hybridized carbons (Fsp3) is 0.160. The van der Waals surface area contributed by atoms with Crippen molar-refractivity contribution in [2.75, 3.05) is 6.61 Å². The average Bonchev–Trinajstić information content (AvgIpc) is 3.05. The maximum absolute atomic E-state index is 13.1. The van der Waals surface area contributed by atoms with Gasteiger partial charge in [0.2, 0.25) is 0 Å². The predicted molar refractivity (Wildman–Crippen MR) is 121 cm³/mol. The highest BCUT2D eigenvalue weighted by Gasteiger charge is 2.46. The molecule has 1 amide bonds. The number of ether oxygens (including phenoxy) is 1. The number of aromatic nitrogens is 1. The third-order valence-corrected chi connectivity index (χ3v) is 5.49. The molecule has 6 nitrogen and oxygen atoms in total. The Morgan fingerprint density at radius 2 is 1.81 bits per heavy atom. The second kappa shape index (κ2) is 9.24. The highest BCUT2D eigenvalue weighted by atomic mass is 35.5. The van der Waals surface area contributed by atoms with Crippen molar-refractivity contribution < 1.29 is 19.4 Å². The molecule has 4 rings (SSSR count). The van der Waals surface area contributed by atoms with E-state index in [1.165, 1.54) is 4.90 Å². The minimum absolute atomic E-state index is 0.0328. The number of nitrogens with zero attached hydrogens (tertiary/aromatic N) is 2. The molecule has 32 heavy (non-hydrogen) atoms. The number of benzene rings is 2. The largest absolute Gasteiger partial charge is 0.507 e. The van der Waals surface area contributed by atoms with Gasteiger partial charge in [-0.3, -0.25) is 14.6 Å². The Labute approximate surface area is 190 Å². The molecule has 0 saturated carbocycles. The van der Waals surface area contributed by atoms with E-state index in [4.69, 9.17) is 16.3 Å². The van der Waals surface area contributed by atoms with E-state index in [-0.39, 0.29) is 17.9 Å². The molecule has 2 aromatic carbocycles. The van der Waals surface area contributed by atoms with Crippen LogP contribution in [0.15, 0.2) is 78.6 Å². The summed E-state index contributed by atoms with van der Waals surface area (Å²) in [5.41, 5.74) is 1.90. The van der Waals surface area contributed by atoms with Crippen molar-refractivity contribution in [3.8, 4) is 5.75 Å². The molecule has 0 radical (unpaired) electrons. The average molecular weight is 449 g/mol. The van der Waals surface area contributed by atoms with Crippen LogP contribution in [0.3, 0.4) is 0 Å². The number of aliphatic hydroxyl groups is 1. The van der Waals surface area contributed by atoms with Crippen molar-refractivity contribution >= 4 is 29.1 Å². The Bertz CT molecular complexity index is 1160. The third kappa shape index (κ3) is 4.22. The van der Waals surface area contributed by atoms with Crippen LogP contribution >= 0.6 is 11.6 Å². The van der Waals surface area contributed by atoms with Gasteiger partial charge < -0.3 is 14.7 Å². The van der Waals surface area contributed by atoms with E-state index in [9.17, 15) is 14.7 Å². The molecule has 1 aliphatic rings. The summed E-state index contributed by atoms with van der Waals surface area (Å²) in [5.74, 6) is -1.00. The monoisotopic (exact) mass is 448 g/mol. The molecule has 7 heteroatoms. The minimum Gasteiger partial charge on any atom is -0.507 e. The summed E-state index contributed by atoms with van der Waals surface area (Å²) in [7, 11) is 0. The number of likely N-dealkylation sites (tertiary alicyclic amines) is 1. The van der Waals surface area contributed by atoms with E-state index in [0.717, 1.165) is 5.56 Å². The van der Waals surface area contributed by atoms with Gasteiger partial charge in [-0.15, -0.1) is 0 Å². The van der Waals surface area contributed by atoms with Crippen LogP contribution in [0.4, 0.5) is 0 Å². The summed E-state index contributed by atoms with van der Waals surface area (Å²) in [5, 5.41) is 11.6. The summed E-state index contributed by atoms with van der Waals surface area (Å²) < 4.78 is 5.44. The van der Waals surface area contributed by atoms with Crippen LogP contribution in [0.1, 0.15) is 29.7 Å². The molecule has 1 aromatic heterocycles. The van der Waals surface area contributed by atoms with E-state index < -0.39 is 17.7 Å². The zero-order chi connectivity index (χ0) is 22.7. The van der Waals surface area contributed by atoms with E-state index in [2.05, 4.69) is 4.98 Å². The van der Waals surface area contributed by atoms with Gasteiger partial charge in [-0.2, -0.15) is 0 Å². The number of aliphatic hydroxyl groups excluding tert-OH is 1. The summed E-state index contributed by atoms with van der Waals surface area (Å²) in [6.07, 6.45) is 3.28. The van der Waals surface area contributed by atoms with Gasteiger partial charge in [0.05, 0.1) is 18.2 Å². The third-order valence-electron chi connectivity index (χ3n) is 5.24. The van der Waals surface area contributed by atoms with E-state index >= 15 is 0 Å². The SMILES string of the molecule is CCOc1ccc(/C(O)=C2\C(=O)C(=O)N(Cc3cccnc3)C2c2ccc(Cl)cc2)cc1. The molecule has 1 fully saturated rings. The number of ketones is 1. The summed E-state index contributed by atoms with van der Waals surface area (Å²) >= 11 is 6.05. The Morgan fingerprint density at radius 3 is 2.44 bits per heavy atom. The van der Waals surface area contributed by atoms with Crippen molar-refractivity contribution in [3.63, 3.8) is 0 Å². The fourth-order valence-electron chi connectivity index (χ4n) is 3.75. The first-order chi connectivity index (χ1) is 15.5. The van der Waals surface area contributed by atoms with Crippen molar-refractivity contribution in [2.24, 2.45) is 0 Å². The van der Waals surface area contributed by atoms with E-state index in [1.54, 1.807) is 67.0 Å². The smallest absolute Gasteiger partial charge is 0.295 e. The Balaban J connectivity index is 1.81. The van der Waals surface area contributed by atoms with E-state index in [0.29, 0.717) is 28.5 Å². The summed E-state index contributed by atoms with van der Waals surface area (Å²) in [4.78, 5) is 31.6. The molecular weight excluding hydrogens is 428 g/mol. The second-order valence-electron chi connectivity index (χ2n) is 7.30. The Hall–Kier alpha value is -3.64. The molecule has 1 saturated heterocycles. The van der Waals surface area contributed by atoms with Gasteiger partial charge in [0.15, 0.2) is 0 Å². The second-order valence-corrected chi connectivity index (χ2v) is 7.73. The quantitative estimate of drug-likeness (QED) is 0.334. The number of amides is 1. The van der Waals surface area contributed by atoms with Gasteiger partial charge in [0, 0.05) is 29.5 Å². The number of rotatable bonds is 6. The molecule has 162 valence electrons. The molecule has 1 atom stereocenters. The molecule has 1 aliphatic heterocycles. The van der Waals surface area contributed by atoms with Crippen LogP contribution in [-0.2, 0) is 16.1 Å². The van der Waals surface area contributed by atoms with Gasteiger partial charge in [0.25, 0.3) is 11.7 Å². The molecule has 2 heterocycles. The lowest BCUT2D eigenvalue weighted by molar-refractivity contribution is -0.140.